The molecule has 26 heavy (non-hydrogen) atoms. The molecule has 1 aliphatic heterocycles. The molecule has 1 aromatic heterocycles. The number of fused-ring (bicyclic) bond motifs is 1. The van der Waals surface area contributed by atoms with E-state index < -0.39 is 0 Å². The van der Waals surface area contributed by atoms with Gasteiger partial charge in [-0.25, -0.2) is 0 Å². The predicted molar refractivity (Wildman–Crippen MR) is 99.9 cm³/mol. The minimum atomic E-state index is -0.316. The van der Waals surface area contributed by atoms with Crippen LogP contribution in [0.25, 0.3) is 0 Å². The molecule has 5 nitrogen and oxygen atoms in total. The number of hydrogen-bond acceptors (Lipinski definition) is 4. The Morgan fingerprint density at radius 1 is 1.19 bits per heavy atom. The van der Waals surface area contributed by atoms with Crippen LogP contribution in [0.4, 0.5) is 0 Å². The fourth-order valence-corrected chi connectivity index (χ4v) is 2.96. The molecule has 0 spiro atoms. The molecule has 0 unspecified atom stereocenters. The van der Waals surface area contributed by atoms with Crippen LogP contribution in [0.1, 0.15) is 33.3 Å². The van der Waals surface area contributed by atoms with Crippen LogP contribution >= 0.6 is 0 Å². The van der Waals surface area contributed by atoms with Crippen molar-refractivity contribution in [1.29, 1.82) is 0 Å². The fourth-order valence-electron chi connectivity index (χ4n) is 2.96. The standard InChI is InChI=1S/C21H19N3O2/c1-13-5-6-15(10-14(13)2)21-24-18-11-17(7-8-19(18)26-21)23-20(25)16-4-3-9-22-12-16/h3-12,19,21H,1-2H3,(H,23,25)/t19-,21-/m1/s1. The topological polar surface area (TPSA) is 63.6 Å². The van der Waals surface area contributed by atoms with E-state index in [0.29, 0.717) is 11.3 Å². The number of pyridine rings is 1. The van der Waals surface area contributed by atoms with Crippen molar-refractivity contribution in [2.24, 2.45) is 4.99 Å². The van der Waals surface area contributed by atoms with Gasteiger partial charge in [0, 0.05) is 23.7 Å². The lowest BCUT2D eigenvalue weighted by atomic mass is 10.1. The zero-order valence-corrected chi connectivity index (χ0v) is 14.6. The number of carbonyl (C=O) groups excluding carboxylic acids is 1. The molecule has 0 bridgehead atoms. The summed E-state index contributed by atoms with van der Waals surface area (Å²) in [6.07, 6.45) is 8.30. The summed E-state index contributed by atoms with van der Waals surface area (Å²) < 4.78 is 6.03. The number of ether oxygens (including phenoxy) is 1. The van der Waals surface area contributed by atoms with E-state index in [1.165, 1.54) is 17.3 Å². The maximum Gasteiger partial charge on any atom is 0.257 e. The smallest absolute Gasteiger partial charge is 0.257 e. The second-order valence-electron chi connectivity index (χ2n) is 6.46. The van der Waals surface area contributed by atoms with Gasteiger partial charge in [0.15, 0.2) is 6.23 Å². The summed E-state index contributed by atoms with van der Waals surface area (Å²) in [7, 11) is 0. The molecule has 1 aromatic carbocycles. The first kappa shape index (κ1) is 16.4. The molecule has 0 fully saturated rings. The summed E-state index contributed by atoms with van der Waals surface area (Å²) in [4.78, 5) is 20.9. The van der Waals surface area contributed by atoms with Crippen LogP contribution < -0.4 is 5.32 Å². The van der Waals surface area contributed by atoms with Crippen LogP contribution in [0.5, 0.6) is 0 Å². The fraction of sp³-hybridized carbons (Fsp3) is 0.190. The molecule has 1 N–H and O–H groups in total. The summed E-state index contributed by atoms with van der Waals surface area (Å²) in [5, 5.41) is 2.88. The normalized spacial score (nSPS) is 21.0. The quantitative estimate of drug-likeness (QED) is 0.927. The van der Waals surface area contributed by atoms with Gasteiger partial charge in [0.2, 0.25) is 0 Å². The summed E-state index contributed by atoms with van der Waals surface area (Å²) in [5.41, 5.74) is 5.53. The van der Waals surface area contributed by atoms with Gasteiger partial charge in [-0.1, -0.05) is 18.2 Å². The third-order valence-electron chi connectivity index (χ3n) is 4.59. The van der Waals surface area contributed by atoms with Crippen LogP contribution in [0.3, 0.4) is 0 Å². The molecule has 0 saturated heterocycles. The zero-order valence-electron chi connectivity index (χ0n) is 14.6. The van der Waals surface area contributed by atoms with E-state index in [4.69, 9.17) is 4.74 Å². The molecule has 2 atom stereocenters. The average molecular weight is 345 g/mol. The second-order valence-corrected chi connectivity index (χ2v) is 6.46. The predicted octanol–water partition coefficient (Wildman–Crippen LogP) is 3.42. The molecule has 0 radical (unpaired) electrons. The minimum absolute atomic E-state index is 0.180. The van der Waals surface area contributed by atoms with Gasteiger partial charge < -0.3 is 10.1 Å². The number of rotatable bonds is 3. The Bertz CT molecular complexity index is 945. The molecule has 5 heteroatoms. The minimum Gasteiger partial charge on any atom is -0.339 e. The Morgan fingerprint density at radius 2 is 2.08 bits per heavy atom. The zero-order chi connectivity index (χ0) is 18.1. The second kappa shape index (κ2) is 6.69. The number of carbonyl (C=O) groups is 1. The van der Waals surface area contributed by atoms with E-state index in [1.807, 2.05) is 24.3 Å². The van der Waals surface area contributed by atoms with Crippen molar-refractivity contribution in [2.75, 3.05) is 0 Å². The third-order valence-corrected chi connectivity index (χ3v) is 4.59. The van der Waals surface area contributed by atoms with Crippen molar-refractivity contribution in [2.45, 2.75) is 26.2 Å². The van der Waals surface area contributed by atoms with E-state index in [2.05, 4.69) is 41.3 Å². The van der Waals surface area contributed by atoms with Crippen molar-refractivity contribution in [3.05, 3.63) is 88.9 Å². The van der Waals surface area contributed by atoms with Gasteiger partial charge in [-0.05, 0) is 55.3 Å². The van der Waals surface area contributed by atoms with Crippen molar-refractivity contribution in [1.82, 2.24) is 10.3 Å². The first-order valence-corrected chi connectivity index (χ1v) is 8.52. The summed E-state index contributed by atoms with van der Waals surface area (Å²) in [6.45, 7) is 4.17. The van der Waals surface area contributed by atoms with E-state index in [1.54, 1.807) is 18.3 Å². The molecule has 130 valence electrons. The SMILES string of the molecule is Cc1ccc([C@@H]2N=C3C=C(NC(=O)c4cccnc4)C=C[C@H]3O2)cc1C. The number of allylic oxidation sites excluding steroid dienone is 1. The van der Waals surface area contributed by atoms with Gasteiger partial charge >= 0.3 is 0 Å². The van der Waals surface area contributed by atoms with Gasteiger partial charge in [-0.3, -0.25) is 14.8 Å². The van der Waals surface area contributed by atoms with E-state index >= 15 is 0 Å². The molecular formula is C21H19N3O2. The largest absolute Gasteiger partial charge is 0.339 e. The molecular weight excluding hydrogens is 326 g/mol. The van der Waals surface area contributed by atoms with E-state index in [-0.39, 0.29) is 18.2 Å². The Hall–Kier alpha value is -3.05. The Morgan fingerprint density at radius 3 is 2.85 bits per heavy atom. The Balaban J connectivity index is 1.52. The highest BCUT2D eigenvalue weighted by Crippen LogP contribution is 2.31. The van der Waals surface area contributed by atoms with Gasteiger partial charge in [-0.2, -0.15) is 0 Å². The van der Waals surface area contributed by atoms with Crippen molar-refractivity contribution < 1.29 is 9.53 Å². The van der Waals surface area contributed by atoms with E-state index in [9.17, 15) is 4.79 Å². The number of benzene rings is 1. The lowest BCUT2D eigenvalue weighted by molar-refractivity contribution is 0.0732. The van der Waals surface area contributed by atoms with Crippen LogP contribution in [0, 0.1) is 13.8 Å². The van der Waals surface area contributed by atoms with Crippen molar-refractivity contribution >= 4 is 11.6 Å². The number of aromatic nitrogens is 1. The highest BCUT2D eigenvalue weighted by Gasteiger charge is 2.29. The first-order chi connectivity index (χ1) is 12.6. The maximum atomic E-state index is 12.3. The van der Waals surface area contributed by atoms with Crippen LogP contribution in [0.15, 0.2) is 71.6 Å². The lowest BCUT2D eigenvalue weighted by Crippen LogP contribution is -2.26. The summed E-state index contributed by atoms with van der Waals surface area (Å²) >= 11 is 0. The molecule has 2 heterocycles. The highest BCUT2D eigenvalue weighted by atomic mass is 16.5. The number of aryl methyl sites for hydroxylation is 2. The number of nitrogens with one attached hydrogen (secondary N) is 1. The number of hydrogen-bond donors (Lipinski definition) is 1. The molecule has 4 rings (SSSR count). The van der Waals surface area contributed by atoms with Crippen LogP contribution in [-0.4, -0.2) is 22.7 Å². The molecule has 0 saturated carbocycles. The maximum absolute atomic E-state index is 12.3. The number of amides is 1. The monoisotopic (exact) mass is 345 g/mol. The van der Waals surface area contributed by atoms with Crippen molar-refractivity contribution in [3.8, 4) is 0 Å². The molecule has 2 aromatic rings. The lowest BCUT2D eigenvalue weighted by Gasteiger charge is -2.15. The van der Waals surface area contributed by atoms with Gasteiger partial charge in [0.05, 0.1) is 11.3 Å². The molecule has 1 amide bonds. The van der Waals surface area contributed by atoms with Crippen LogP contribution in [-0.2, 0) is 4.74 Å². The third kappa shape index (κ3) is 3.21. The molecule has 2 aliphatic rings. The van der Waals surface area contributed by atoms with Crippen molar-refractivity contribution in [3.63, 3.8) is 0 Å². The molecule has 1 aliphatic carbocycles. The van der Waals surface area contributed by atoms with E-state index in [0.717, 1.165) is 11.3 Å². The summed E-state index contributed by atoms with van der Waals surface area (Å²) in [5.74, 6) is -0.197. The van der Waals surface area contributed by atoms with Gasteiger partial charge in [-0.15, -0.1) is 0 Å². The summed E-state index contributed by atoms with van der Waals surface area (Å²) in [6, 6.07) is 9.71. The Labute approximate surface area is 152 Å². The Kier molecular flexibility index (Phi) is 4.22. The van der Waals surface area contributed by atoms with Gasteiger partial charge in [0.1, 0.15) is 6.10 Å². The highest BCUT2D eigenvalue weighted by molar-refractivity contribution is 6.04. The number of aliphatic imine (C=N–C) groups is 1. The van der Waals surface area contributed by atoms with Gasteiger partial charge in [0.25, 0.3) is 5.91 Å². The first-order valence-electron chi connectivity index (χ1n) is 8.52. The average Bonchev–Trinajstić information content (AvgIpc) is 3.08. The van der Waals surface area contributed by atoms with Crippen LogP contribution in [0.2, 0.25) is 0 Å². The number of nitrogens with zero attached hydrogens (tertiary/aromatic N) is 2.